The van der Waals surface area contributed by atoms with Gasteiger partial charge in [-0.2, -0.15) is 0 Å². The van der Waals surface area contributed by atoms with E-state index in [1.54, 1.807) is 29.2 Å². The van der Waals surface area contributed by atoms with Gasteiger partial charge in [0.15, 0.2) is 5.13 Å². The predicted molar refractivity (Wildman–Crippen MR) is 113 cm³/mol. The molecule has 0 unspecified atom stereocenters. The summed E-state index contributed by atoms with van der Waals surface area (Å²) in [6.07, 6.45) is 6.11. The van der Waals surface area contributed by atoms with Crippen LogP contribution in [0.25, 0.3) is 15.9 Å². The molecule has 1 saturated carbocycles. The molecule has 2 atom stereocenters. The van der Waals surface area contributed by atoms with Crippen LogP contribution in [0.2, 0.25) is 0 Å². The second kappa shape index (κ2) is 7.83. The lowest BCUT2D eigenvalue weighted by Gasteiger charge is -2.22. The van der Waals surface area contributed by atoms with Gasteiger partial charge >= 0.3 is 0 Å². The number of aromatic nitrogens is 4. The van der Waals surface area contributed by atoms with Crippen LogP contribution in [0.4, 0.5) is 9.52 Å². The molecule has 2 heterocycles. The number of halogens is 1. The number of anilines is 1. The van der Waals surface area contributed by atoms with Crippen LogP contribution in [-0.2, 0) is 0 Å². The summed E-state index contributed by atoms with van der Waals surface area (Å²) in [5.41, 5.74) is 2.00. The van der Waals surface area contributed by atoms with Crippen LogP contribution in [-0.4, -0.2) is 38.0 Å². The highest BCUT2D eigenvalue weighted by Crippen LogP contribution is 2.30. The third kappa shape index (κ3) is 3.63. The number of hydrogen-bond acceptors (Lipinski definition) is 6. The number of carbonyl (C=O) groups is 1. The van der Waals surface area contributed by atoms with E-state index in [9.17, 15) is 9.18 Å². The van der Waals surface area contributed by atoms with E-state index in [-0.39, 0.29) is 23.8 Å². The lowest BCUT2D eigenvalue weighted by Crippen LogP contribution is -2.43. The SMILES string of the molecule is O=C(N[C@H]1CCC[C@H]1Nc1nc2ccc(F)cc2s1)c1ccccc1-n1ccnn1. The van der Waals surface area contributed by atoms with Crippen molar-refractivity contribution in [3.63, 3.8) is 0 Å². The first-order chi connectivity index (χ1) is 14.7. The Hall–Kier alpha value is -3.33. The molecule has 4 aromatic rings. The van der Waals surface area contributed by atoms with E-state index >= 15 is 0 Å². The second-order valence-electron chi connectivity index (χ2n) is 7.26. The number of rotatable bonds is 5. The molecule has 1 aliphatic rings. The van der Waals surface area contributed by atoms with Crippen LogP contribution < -0.4 is 10.6 Å². The lowest BCUT2D eigenvalue weighted by atomic mass is 10.1. The monoisotopic (exact) mass is 422 g/mol. The van der Waals surface area contributed by atoms with E-state index in [1.165, 1.54) is 23.5 Å². The average molecular weight is 422 g/mol. The molecular weight excluding hydrogens is 403 g/mol. The molecule has 7 nitrogen and oxygen atoms in total. The predicted octanol–water partition coefficient (Wildman–Crippen LogP) is 3.78. The maximum Gasteiger partial charge on any atom is 0.253 e. The van der Waals surface area contributed by atoms with E-state index in [1.807, 2.05) is 18.2 Å². The number of hydrogen-bond donors (Lipinski definition) is 2. The van der Waals surface area contributed by atoms with Gasteiger partial charge in [-0.1, -0.05) is 28.7 Å². The number of para-hydroxylation sites is 1. The van der Waals surface area contributed by atoms with Crippen molar-refractivity contribution in [3.8, 4) is 5.69 Å². The fourth-order valence-corrected chi connectivity index (χ4v) is 4.82. The van der Waals surface area contributed by atoms with Gasteiger partial charge in [-0.05, 0) is 49.6 Å². The van der Waals surface area contributed by atoms with Gasteiger partial charge in [-0.3, -0.25) is 4.79 Å². The number of amides is 1. The van der Waals surface area contributed by atoms with Crippen LogP contribution >= 0.6 is 11.3 Å². The maximum absolute atomic E-state index is 13.5. The van der Waals surface area contributed by atoms with Crippen molar-refractivity contribution in [1.29, 1.82) is 0 Å². The smallest absolute Gasteiger partial charge is 0.253 e. The van der Waals surface area contributed by atoms with Crippen molar-refractivity contribution in [3.05, 3.63) is 66.2 Å². The largest absolute Gasteiger partial charge is 0.357 e. The number of benzene rings is 2. The van der Waals surface area contributed by atoms with E-state index in [0.29, 0.717) is 11.3 Å². The van der Waals surface area contributed by atoms with Crippen molar-refractivity contribution in [1.82, 2.24) is 25.3 Å². The summed E-state index contributed by atoms with van der Waals surface area (Å²) >= 11 is 1.42. The zero-order valence-corrected chi connectivity index (χ0v) is 16.8. The van der Waals surface area contributed by atoms with Gasteiger partial charge in [-0.15, -0.1) is 5.10 Å². The van der Waals surface area contributed by atoms with Crippen molar-refractivity contribution >= 4 is 32.6 Å². The Morgan fingerprint density at radius 3 is 2.90 bits per heavy atom. The molecule has 1 amide bonds. The minimum absolute atomic E-state index is 0.0231. The van der Waals surface area contributed by atoms with Gasteiger partial charge in [-0.25, -0.2) is 14.1 Å². The minimum atomic E-state index is -0.269. The third-order valence-electron chi connectivity index (χ3n) is 5.31. The first-order valence-electron chi connectivity index (χ1n) is 9.76. The van der Waals surface area contributed by atoms with Gasteiger partial charge in [0.25, 0.3) is 5.91 Å². The van der Waals surface area contributed by atoms with E-state index in [2.05, 4.69) is 25.9 Å². The number of thiazole rings is 1. The maximum atomic E-state index is 13.5. The van der Waals surface area contributed by atoms with Gasteiger partial charge in [0.05, 0.1) is 33.9 Å². The molecule has 1 fully saturated rings. The first kappa shape index (κ1) is 18.7. The lowest BCUT2D eigenvalue weighted by molar-refractivity contribution is 0.0935. The van der Waals surface area contributed by atoms with E-state index in [0.717, 1.165) is 34.6 Å². The van der Waals surface area contributed by atoms with Gasteiger partial charge in [0.2, 0.25) is 0 Å². The van der Waals surface area contributed by atoms with Crippen LogP contribution in [0.5, 0.6) is 0 Å². The Bertz CT molecular complexity index is 1190. The Morgan fingerprint density at radius 1 is 1.17 bits per heavy atom. The highest BCUT2D eigenvalue weighted by molar-refractivity contribution is 7.22. The van der Waals surface area contributed by atoms with Crippen LogP contribution in [0.3, 0.4) is 0 Å². The summed E-state index contributed by atoms with van der Waals surface area (Å²) in [6, 6.07) is 12.0. The number of nitrogens with zero attached hydrogens (tertiary/aromatic N) is 4. The summed E-state index contributed by atoms with van der Waals surface area (Å²) < 4.78 is 15.8. The van der Waals surface area contributed by atoms with Gasteiger partial charge in [0, 0.05) is 12.1 Å². The molecule has 1 aliphatic carbocycles. The Balaban J connectivity index is 1.33. The molecule has 2 aromatic heterocycles. The van der Waals surface area contributed by atoms with Gasteiger partial charge < -0.3 is 10.6 Å². The van der Waals surface area contributed by atoms with Crippen molar-refractivity contribution in [2.24, 2.45) is 0 Å². The topological polar surface area (TPSA) is 84.7 Å². The molecule has 9 heteroatoms. The molecule has 0 radical (unpaired) electrons. The van der Waals surface area contributed by atoms with E-state index < -0.39 is 0 Å². The van der Waals surface area contributed by atoms with Crippen LogP contribution in [0.15, 0.2) is 54.9 Å². The normalized spacial score (nSPS) is 18.6. The van der Waals surface area contributed by atoms with Crippen molar-refractivity contribution < 1.29 is 9.18 Å². The zero-order valence-electron chi connectivity index (χ0n) is 16.0. The fraction of sp³-hybridized carbons (Fsp3) is 0.238. The molecule has 5 rings (SSSR count). The fourth-order valence-electron chi connectivity index (χ4n) is 3.87. The van der Waals surface area contributed by atoms with Crippen molar-refractivity contribution in [2.75, 3.05) is 5.32 Å². The summed E-state index contributed by atoms with van der Waals surface area (Å²) in [5.74, 6) is -0.416. The van der Waals surface area contributed by atoms with Crippen LogP contribution in [0.1, 0.15) is 29.6 Å². The van der Waals surface area contributed by atoms with Crippen molar-refractivity contribution in [2.45, 2.75) is 31.3 Å². The molecule has 2 aromatic carbocycles. The molecule has 0 aliphatic heterocycles. The molecule has 152 valence electrons. The summed E-state index contributed by atoms with van der Waals surface area (Å²) in [6.45, 7) is 0. The Kier molecular flexibility index (Phi) is 4.88. The number of fused-ring (bicyclic) bond motifs is 1. The standard InChI is InChI=1S/C21H19FN6OS/c22-13-8-9-17-19(12-13)30-21(26-17)25-16-6-3-5-15(16)24-20(29)14-4-1-2-7-18(14)28-11-10-23-27-28/h1-2,4,7-12,15-16H,3,5-6H2,(H,24,29)(H,25,26)/t15-,16+/m0/s1. The Labute approximate surface area is 175 Å². The summed E-state index contributed by atoms with van der Waals surface area (Å²) in [7, 11) is 0. The quantitative estimate of drug-likeness (QED) is 0.511. The molecule has 0 bridgehead atoms. The van der Waals surface area contributed by atoms with E-state index in [4.69, 9.17) is 0 Å². The molecular formula is C21H19FN6OS. The van der Waals surface area contributed by atoms with Gasteiger partial charge in [0.1, 0.15) is 5.82 Å². The highest BCUT2D eigenvalue weighted by atomic mass is 32.1. The highest BCUT2D eigenvalue weighted by Gasteiger charge is 2.30. The van der Waals surface area contributed by atoms with Crippen LogP contribution in [0, 0.1) is 5.82 Å². The summed E-state index contributed by atoms with van der Waals surface area (Å²) in [5, 5.41) is 15.2. The average Bonchev–Trinajstić information content (AvgIpc) is 3.49. The first-order valence-corrected chi connectivity index (χ1v) is 10.6. The number of carbonyl (C=O) groups excluding carboxylic acids is 1. The third-order valence-corrected chi connectivity index (χ3v) is 6.26. The zero-order chi connectivity index (χ0) is 20.5. The molecule has 0 saturated heterocycles. The number of nitrogens with one attached hydrogen (secondary N) is 2. The minimum Gasteiger partial charge on any atom is -0.357 e. The molecule has 0 spiro atoms. The Morgan fingerprint density at radius 2 is 2.03 bits per heavy atom. The molecule has 2 N–H and O–H groups in total. The molecule has 30 heavy (non-hydrogen) atoms. The second-order valence-corrected chi connectivity index (χ2v) is 8.29. The summed E-state index contributed by atoms with van der Waals surface area (Å²) in [4.78, 5) is 17.6.